The Balaban J connectivity index is 0.000000225. The van der Waals surface area contributed by atoms with E-state index in [4.69, 9.17) is 15.3 Å². The zero-order chi connectivity index (χ0) is 59.0. The molecule has 7 aromatic carbocycles. The number of hydrogen-bond donors (Lipinski definition) is 6. The minimum atomic E-state index is -3.79. The zero-order valence-corrected chi connectivity index (χ0v) is 48.0. The molecular weight excluding hydrogens is 1090 g/mol. The standard InChI is InChI=1S/C24H23NO5S.C20H25NO4S.C18H21NO4S/c1-17(26)19-13-15-22(16-14-19)31(29,30)25-23-8-3-2-6-20(23)7-4-5-18-9-11-21(12-10-18)24(27)28;1-2-3-15-26(24,25)21-19-10-5-4-8-17(19)9-6-7-16-11-13-18(14-12-16)20(22)23;1-2-24(22,23)19-17-9-4-3-7-15(17)8-5-6-14-10-12-16(13-11-14)18(20)21/h2-3,6,8-16,25H,4-5,7H2,1H3,(H,27,28);4-5,8,10-14,21H,2-3,6-7,9,15H2,1H3,(H,22,23);3-4,7,9-13,19H,2,5-6,8H2,1H3,(H,20,21). The number of rotatable bonds is 27. The van der Waals surface area contributed by atoms with Crippen molar-refractivity contribution in [3.8, 4) is 0 Å². The van der Waals surface area contributed by atoms with Crippen LogP contribution in [0.15, 0.2) is 175 Å². The van der Waals surface area contributed by atoms with E-state index in [1.165, 1.54) is 31.2 Å². The van der Waals surface area contributed by atoms with Crippen molar-refractivity contribution < 1.29 is 59.8 Å². The summed E-state index contributed by atoms with van der Waals surface area (Å²) in [6.45, 7) is 5.00. The number of nitrogens with one attached hydrogen (secondary N) is 3. The quantitative estimate of drug-likeness (QED) is 0.0262. The molecule has 0 aliphatic heterocycles. The molecular formula is C62H69N3O13S3. The Kier molecular flexibility index (Phi) is 24.4. The molecule has 0 unspecified atom stereocenters. The summed E-state index contributed by atoms with van der Waals surface area (Å²) in [6.07, 6.45) is 8.43. The van der Waals surface area contributed by atoms with Gasteiger partial charge in [0, 0.05) is 5.56 Å². The third-order valence-corrected chi connectivity index (χ3v) is 16.9. The van der Waals surface area contributed by atoms with E-state index in [-0.39, 0.29) is 38.9 Å². The third kappa shape index (κ3) is 21.5. The number of Topliss-reactive ketones (excluding diaryl/α,β-unsaturated/α-hetero) is 1. The van der Waals surface area contributed by atoms with Crippen molar-refractivity contribution in [3.05, 3.63) is 225 Å². The zero-order valence-electron chi connectivity index (χ0n) is 45.5. The number of aromatic carboxylic acids is 3. The summed E-state index contributed by atoms with van der Waals surface area (Å²) >= 11 is 0. The lowest BCUT2D eigenvalue weighted by Crippen LogP contribution is -2.17. The van der Waals surface area contributed by atoms with E-state index >= 15 is 0 Å². The van der Waals surface area contributed by atoms with Crippen LogP contribution in [0.2, 0.25) is 0 Å². The topological polar surface area (TPSA) is 267 Å². The van der Waals surface area contributed by atoms with Crippen LogP contribution in [-0.4, -0.2) is 75.8 Å². The molecule has 19 heteroatoms. The van der Waals surface area contributed by atoms with Gasteiger partial charge in [0.1, 0.15) is 0 Å². The largest absolute Gasteiger partial charge is 0.478 e. The smallest absolute Gasteiger partial charge is 0.335 e. The van der Waals surface area contributed by atoms with Gasteiger partial charge >= 0.3 is 17.9 Å². The van der Waals surface area contributed by atoms with Gasteiger partial charge in [-0.2, -0.15) is 0 Å². The lowest BCUT2D eigenvalue weighted by Gasteiger charge is -2.13. The molecule has 0 amide bonds. The summed E-state index contributed by atoms with van der Waals surface area (Å²) < 4.78 is 81.3. The fraction of sp³-hybridized carbons (Fsp3) is 0.258. The Bertz CT molecular complexity index is 3550. The number of aryl methyl sites for hydroxylation is 6. The second-order valence-corrected chi connectivity index (χ2v) is 24.5. The van der Waals surface area contributed by atoms with Crippen molar-refractivity contribution in [2.75, 3.05) is 25.7 Å². The molecule has 0 aromatic heterocycles. The lowest BCUT2D eigenvalue weighted by atomic mass is 10.0. The number of benzene rings is 7. The summed E-state index contributed by atoms with van der Waals surface area (Å²) in [5, 5.41) is 26.8. The van der Waals surface area contributed by atoms with Gasteiger partial charge in [-0.25, -0.2) is 39.6 Å². The predicted molar refractivity (Wildman–Crippen MR) is 318 cm³/mol. The maximum absolute atomic E-state index is 12.8. The molecule has 0 saturated carbocycles. The van der Waals surface area contributed by atoms with Gasteiger partial charge in [0.25, 0.3) is 10.0 Å². The average molecular weight is 1160 g/mol. The molecule has 0 aliphatic rings. The summed E-state index contributed by atoms with van der Waals surface area (Å²) in [5.74, 6) is -2.77. The number of carbonyl (C=O) groups is 4. The normalized spacial score (nSPS) is 11.2. The monoisotopic (exact) mass is 1160 g/mol. The van der Waals surface area contributed by atoms with E-state index in [0.29, 0.717) is 35.5 Å². The summed E-state index contributed by atoms with van der Waals surface area (Å²) in [4.78, 5) is 44.1. The van der Waals surface area contributed by atoms with Gasteiger partial charge in [-0.3, -0.25) is 19.0 Å². The fourth-order valence-electron chi connectivity index (χ4n) is 8.27. The predicted octanol–water partition coefficient (Wildman–Crippen LogP) is 12.0. The number of hydrogen-bond acceptors (Lipinski definition) is 10. The van der Waals surface area contributed by atoms with Crippen molar-refractivity contribution in [2.24, 2.45) is 0 Å². The van der Waals surface area contributed by atoms with Gasteiger partial charge in [-0.15, -0.1) is 0 Å². The molecule has 0 spiro atoms. The highest BCUT2D eigenvalue weighted by atomic mass is 32.2. The van der Waals surface area contributed by atoms with E-state index in [1.807, 2.05) is 79.7 Å². The SMILES string of the molecule is CC(=O)c1ccc(S(=O)(=O)Nc2ccccc2CCCc2ccc(C(=O)O)cc2)cc1.CCCCS(=O)(=O)Nc1ccccc1CCCc1ccc(C(=O)O)cc1.CCS(=O)(=O)Nc1ccccc1CCCc1ccc(C(=O)O)cc1. The molecule has 0 saturated heterocycles. The van der Waals surface area contributed by atoms with Crippen molar-refractivity contribution in [2.45, 2.75) is 96.3 Å². The lowest BCUT2D eigenvalue weighted by molar-refractivity contribution is 0.0686. The van der Waals surface area contributed by atoms with Crippen LogP contribution in [0.3, 0.4) is 0 Å². The number of carboxylic acids is 3. The van der Waals surface area contributed by atoms with Crippen molar-refractivity contribution in [3.63, 3.8) is 0 Å². The Labute approximate surface area is 475 Å². The molecule has 7 aromatic rings. The first-order valence-corrected chi connectivity index (χ1v) is 31.2. The molecule has 0 atom stereocenters. The maximum Gasteiger partial charge on any atom is 0.335 e. The number of anilines is 3. The molecule has 428 valence electrons. The highest BCUT2D eigenvalue weighted by molar-refractivity contribution is 7.93. The minimum Gasteiger partial charge on any atom is -0.478 e. The number of para-hydroxylation sites is 3. The Hall–Kier alpha value is -8.13. The maximum atomic E-state index is 12.8. The molecule has 0 aliphatic carbocycles. The van der Waals surface area contributed by atoms with Crippen molar-refractivity contribution >= 4 is 70.8 Å². The Morgan fingerprint density at radius 2 is 0.704 bits per heavy atom. The Morgan fingerprint density at radius 1 is 0.383 bits per heavy atom. The molecule has 0 fully saturated rings. The van der Waals surface area contributed by atoms with Crippen LogP contribution in [-0.2, 0) is 68.6 Å². The molecule has 16 nitrogen and oxygen atoms in total. The van der Waals surface area contributed by atoms with Gasteiger partial charge < -0.3 is 15.3 Å². The number of ketones is 1. The van der Waals surface area contributed by atoms with Gasteiger partial charge in [0.15, 0.2) is 5.78 Å². The molecule has 7 rings (SSSR count). The molecule has 0 radical (unpaired) electrons. The van der Waals surface area contributed by atoms with Crippen LogP contribution in [0.25, 0.3) is 0 Å². The van der Waals surface area contributed by atoms with E-state index in [9.17, 15) is 44.4 Å². The first-order chi connectivity index (χ1) is 38.6. The molecule has 6 N–H and O–H groups in total. The van der Waals surface area contributed by atoms with Crippen LogP contribution in [0.4, 0.5) is 17.1 Å². The van der Waals surface area contributed by atoms with Gasteiger partial charge in [-0.05, 0) is 178 Å². The second-order valence-electron chi connectivity index (χ2n) is 19.0. The van der Waals surface area contributed by atoms with E-state index < -0.39 is 48.0 Å². The highest BCUT2D eigenvalue weighted by Gasteiger charge is 2.18. The summed E-state index contributed by atoms with van der Waals surface area (Å²) in [5.41, 5.74) is 8.98. The number of sulfonamides is 3. The fourth-order valence-corrected chi connectivity index (χ4v) is 11.4. The Morgan fingerprint density at radius 3 is 1.02 bits per heavy atom. The molecule has 0 heterocycles. The van der Waals surface area contributed by atoms with Crippen molar-refractivity contribution in [1.82, 2.24) is 0 Å². The second kappa shape index (κ2) is 31.0. The van der Waals surface area contributed by atoms with Crippen LogP contribution >= 0.6 is 0 Å². The van der Waals surface area contributed by atoms with Crippen LogP contribution in [0, 0.1) is 0 Å². The van der Waals surface area contributed by atoms with E-state index in [1.54, 1.807) is 79.7 Å². The number of carbonyl (C=O) groups excluding carboxylic acids is 1. The minimum absolute atomic E-state index is 0.0389. The first-order valence-electron chi connectivity index (χ1n) is 26.4. The van der Waals surface area contributed by atoms with Crippen molar-refractivity contribution in [1.29, 1.82) is 0 Å². The number of unbranched alkanes of at least 4 members (excludes halogenated alkanes) is 1. The van der Waals surface area contributed by atoms with Crippen LogP contribution in [0.1, 0.15) is 128 Å². The molecule has 81 heavy (non-hydrogen) atoms. The van der Waals surface area contributed by atoms with Crippen LogP contribution in [0.5, 0.6) is 0 Å². The molecule has 0 bridgehead atoms. The summed E-state index contributed by atoms with van der Waals surface area (Å²) in [7, 11) is -10.4. The third-order valence-electron chi connectivity index (χ3n) is 12.9. The van der Waals surface area contributed by atoms with Gasteiger partial charge in [0.05, 0.1) is 50.2 Å². The van der Waals surface area contributed by atoms with Gasteiger partial charge in [0.2, 0.25) is 20.0 Å². The van der Waals surface area contributed by atoms with E-state index in [0.717, 1.165) is 91.2 Å². The van der Waals surface area contributed by atoms with E-state index in [2.05, 4.69) is 14.2 Å². The number of carboxylic acid groups (broad SMARTS) is 3. The first kappa shape index (κ1) is 63.7. The van der Waals surface area contributed by atoms with Crippen LogP contribution < -0.4 is 14.2 Å². The summed E-state index contributed by atoms with van der Waals surface area (Å²) in [6, 6.07) is 48.3. The highest BCUT2D eigenvalue weighted by Crippen LogP contribution is 2.24. The average Bonchev–Trinajstić information content (AvgIpc) is 3.47. The van der Waals surface area contributed by atoms with Gasteiger partial charge in [-0.1, -0.05) is 116 Å².